The first kappa shape index (κ1) is 14.4. The maximum absolute atomic E-state index is 13.5. The second-order valence-electron chi connectivity index (χ2n) is 4.46. The molecular weight excluding hydrogens is 267 g/mol. The van der Waals surface area contributed by atoms with E-state index in [1.807, 2.05) is 0 Å². The first-order chi connectivity index (χ1) is 9.49. The van der Waals surface area contributed by atoms with E-state index in [2.05, 4.69) is 0 Å². The predicted octanol–water partition coefficient (Wildman–Crippen LogP) is 3.70. The minimum absolute atomic E-state index is 0.183. The Morgan fingerprint density at radius 1 is 1.10 bits per heavy atom. The summed E-state index contributed by atoms with van der Waals surface area (Å²) in [7, 11) is 0. The topological polar surface area (TPSA) is 35.2 Å². The summed E-state index contributed by atoms with van der Waals surface area (Å²) in [6.07, 6.45) is 0. The van der Waals surface area contributed by atoms with Crippen molar-refractivity contribution in [3.05, 3.63) is 65.0 Å². The molecule has 0 saturated carbocycles. The molecule has 0 spiro atoms. The molecule has 2 N–H and O–H groups in total. The van der Waals surface area contributed by atoms with Gasteiger partial charge in [0, 0.05) is 17.7 Å². The highest BCUT2D eigenvalue weighted by molar-refractivity contribution is 5.36. The molecule has 0 radical (unpaired) electrons. The van der Waals surface area contributed by atoms with Crippen LogP contribution in [0.15, 0.2) is 36.4 Å². The maximum atomic E-state index is 13.5. The van der Waals surface area contributed by atoms with Crippen molar-refractivity contribution in [2.75, 3.05) is 0 Å². The standard InChI is InChI=1S/C15H14F3NO/c1-9(19)11-6-5-10(16)7-15(11)20-8-12-13(17)3-2-4-14(12)18/h2-7,9H,8,19H2,1H3/t9-/m1/s1. The molecule has 0 fully saturated rings. The van der Waals surface area contributed by atoms with Crippen molar-refractivity contribution in [1.82, 2.24) is 0 Å². The van der Waals surface area contributed by atoms with E-state index in [4.69, 9.17) is 10.5 Å². The highest BCUT2D eigenvalue weighted by atomic mass is 19.1. The lowest BCUT2D eigenvalue weighted by Gasteiger charge is -2.14. The quantitative estimate of drug-likeness (QED) is 0.927. The zero-order valence-electron chi connectivity index (χ0n) is 10.9. The van der Waals surface area contributed by atoms with Crippen LogP contribution in [0.1, 0.15) is 24.1 Å². The number of nitrogens with two attached hydrogens (primary N) is 1. The molecule has 2 aromatic carbocycles. The van der Waals surface area contributed by atoms with Gasteiger partial charge in [0.2, 0.25) is 0 Å². The molecule has 0 heterocycles. The Balaban J connectivity index is 2.25. The first-order valence-corrected chi connectivity index (χ1v) is 6.09. The van der Waals surface area contributed by atoms with Crippen LogP contribution in [0.3, 0.4) is 0 Å². The van der Waals surface area contributed by atoms with Crippen LogP contribution in [0, 0.1) is 17.5 Å². The van der Waals surface area contributed by atoms with E-state index in [1.165, 1.54) is 18.2 Å². The maximum Gasteiger partial charge on any atom is 0.132 e. The van der Waals surface area contributed by atoms with E-state index in [0.29, 0.717) is 5.56 Å². The summed E-state index contributed by atoms with van der Waals surface area (Å²) in [4.78, 5) is 0. The molecule has 0 aliphatic carbocycles. The highest BCUT2D eigenvalue weighted by Crippen LogP contribution is 2.26. The van der Waals surface area contributed by atoms with E-state index in [0.717, 1.165) is 18.2 Å². The summed E-state index contributed by atoms with van der Waals surface area (Å²) in [5, 5.41) is 0. The van der Waals surface area contributed by atoms with Gasteiger partial charge in [-0.05, 0) is 25.1 Å². The summed E-state index contributed by atoms with van der Waals surface area (Å²) in [5.74, 6) is -1.73. The second-order valence-corrected chi connectivity index (χ2v) is 4.46. The van der Waals surface area contributed by atoms with Gasteiger partial charge in [-0.2, -0.15) is 0 Å². The Hall–Kier alpha value is -2.01. The van der Waals surface area contributed by atoms with Gasteiger partial charge in [-0.25, -0.2) is 13.2 Å². The van der Waals surface area contributed by atoms with E-state index < -0.39 is 17.5 Å². The van der Waals surface area contributed by atoms with Gasteiger partial charge in [-0.1, -0.05) is 12.1 Å². The van der Waals surface area contributed by atoms with Crippen molar-refractivity contribution in [2.24, 2.45) is 5.73 Å². The fourth-order valence-corrected chi connectivity index (χ4v) is 1.83. The summed E-state index contributed by atoms with van der Waals surface area (Å²) in [6.45, 7) is 1.38. The van der Waals surface area contributed by atoms with Gasteiger partial charge in [-0.3, -0.25) is 0 Å². The summed E-state index contributed by atoms with van der Waals surface area (Å²) in [6, 6.07) is 7.07. The molecule has 106 valence electrons. The third-order valence-corrected chi connectivity index (χ3v) is 2.90. The molecule has 0 unspecified atom stereocenters. The molecule has 5 heteroatoms. The zero-order valence-corrected chi connectivity index (χ0v) is 10.9. The van der Waals surface area contributed by atoms with Gasteiger partial charge < -0.3 is 10.5 Å². The Kier molecular flexibility index (Phi) is 4.29. The van der Waals surface area contributed by atoms with Crippen molar-refractivity contribution in [3.63, 3.8) is 0 Å². The van der Waals surface area contributed by atoms with E-state index in [1.54, 1.807) is 6.92 Å². The Morgan fingerprint density at radius 3 is 2.35 bits per heavy atom. The molecule has 2 rings (SSSR count). The molecule has 20 heavy (non-hydrogen) atoms. The fraction of sp³-hybridized carbons (Fsp3) is 0.200. The van der Waals surface area contributed by atoms with Crippen LogP contribution in [0.25, 0.3) is 0 Å². The molecule has 0 aliphatic heterocycles. The van der Waals surface area contributed by atoms with Crippen molar-refractivity contribution < 1.29 is 17.9 Å². The smallest absolute Gasteiger partial charge is 0.132 e. The van der Waals surface area contributed by atoms with Gasteiger partial charge in [0.05, 0.1) is 5.56 Å². The van der Waals surface area contributed by atoms with Gasteiger partial charge in [-0.15, -0.1) is 0 Å². The van der Waals surface area contributed by atoms with Gasteiger partial charge in [0.25, 0.3) is 0 Å². The lowest BCUT2D eigenvalue weighted by Crippen LogP contribution is -2.09. The van der Waals surface area contributed by atoms with Gasteiger partial charge in [0.15, 0.2) is 0 Å². The number of hydrogen-bond acceptors (Lipinski definition) is 2. The number of ether oxygens (including phenoxy) is 1. The van der Waals surface area contributed by atoms with E-state index in [-0.39, 0.29) is 24.0 Å². The van der Waals surface area contributed by atoms with Crippen molar-refractivity contribution in [2.45, 2.75) is 19.6 Å². The average Bonchev–Trinajstić information content (AvgIpc) is 2.37. The summed E-state index contributed by atoms with van der Waals surface area (Å²) < 4.78 is 45.5. The van der Waals surface area contributed by atoms with Gasteiger partial charge >= 0.3 is 0 Å². The molecule has 0 saturated heterocycles. The second kappa shape index (κ2) is 5.96. The average molecular weight is 281 g/mol. The number of halogens is 3. The Bertz CT molecular complexity index is 594. The molecule has 0 aromatic heterocycles. The summed E-state index contributed by atoms with van der Waals surface area (Å²) in [5.41, 5.74) is 6.11. The lowest BCUT2D eigenvalue weighted by molar-refractivity contribution is 0.287. The molecule has 0 bridgehead atoms. The third kappa shape index (κ3) is 3.11. The van der Waals surface area contributed by atoms with Crippen molar-refractivity contribution in [1.29, 1.82) is 0 Å². The zero-order chi connectivity index (χ0) is 14.7. The SMILES string of the molecule is C[C@@H](N)c1ccc(F)cc1OCc1c(F)cccc1F. The van der Waals surface area contributed by atoms with Crippen molar-refractivity contribution >= 4 is 0 Å². The number of benzene rings is 2. The van der Waals surface area contributed by atoms with Crippen LogP contribution in [-0.4, -0.2) is 0 Å². The molecular formula is C15H14F3NO. The highest BCUT2D eigenvalue weighted by Gasteiger charge is 2.13. The Labute approximate surface area is 115 Å². The van der Waals surface area contributed by atoms with Crippen molar-refractivity contribution in [3.8, 4) is 5.75 Å². The number of hydrogen-bond donors (Lipinski definition) is 1. The van der Waals surface area contributed by atoms with Crippen LogP contribution >= 0.6 is 0 Å². The van der Waals surface area contributed by atoms with Crippen LogP contribution in [0.2, 0.25) is 0 Å². The normalized spacial score (nSPS) is 12.2. The van der Waals surface area contributed by atoms with Crippen LogP contribution < -0.4 is 10.5 Å². The Morgan fingerprint density at radius 2 is 1.75 bits per heavy atom. The van der Waals surface area contributed by atoms with Crippen LogP contribution in [0.5, 0.6) is 5.75 Å². The van der Waals surface area contributed by atoms with Crippen LogP contribution in [-0.2, 0) is 6.61 Å². The monoisotopic (exact) mass is 281 g/mol. The fourth-order valence-electron chi connectivity index (χ4n) is 1.83. The largest absolute Gasteiger partial charge is 0.488 e. The molecule has 0 amide bonds. The first-order valence-electron chi connectivity index (χ1n) is 6.09. The minimum Gasteiger partial charge on any atom is -0.488 e. The molecule has 1 atom stereocenters. The van der Waals surface area contributed by atoms with E-state index >= 15 is 0 Å². The lowest BCUT2D eigenvalue weighted by atomic mass is 10.1. The van der Waals surface area contributed by atoms with Crippen LogP contribution in [0.4, 0.5) is 13.2 Å². The van der Waals surface area contributed by atoms with Gasteiger partial charge in [0.1, 0.15) is 29.8 Å². The van der Waals surface area contributed by atoms with E-state index in [9.17, 15) is 13.2 Å². The minimum atomic E-state index is -0.705. The third-order valence-electron chi connectivity index (χ3n) is 2.90. The molecule has 2 nitrogen and oxygen atoms in total. The molecule has 0 aliphatic rings. The number of rotatable bonds is 4. The molecule has 2 aromatic rings. The predicted molar refractivity (Wildman–Crippen MR) is 69.7 cm³/mol. The summed E-state index contributed by atoms with van der Waals surface area (Å²) >= 11 is 0.